The molecular formula is C10H11BrO. The molecule has 0 saturated heterocycles. The zero-order chi connectivity index (χ0) is 8.97. The average molecular weight is 227 g/mol. The van der Waals surface area contributed by atoms with E-state index in [0.29, 0.717) is 0 Å². The van der Waals surface area contributed by atoms with E-state index in [-0.39, 0.29) is 6.61 Å². The molecule has 0 unspecified atom stereocenters. The number of aryl methyl sites for hydroxylation is 1. The zero-order valence-corrected chi connectivity index (χ0v) is 8.51. The molecule has 0 bridgehead atoms. The quantitative estimate of drug-likeness (QED) is 0.823. The SMILES string of the molecule is Cc1ccc(/C=C/CO)c(Br)c1. The Bertz CT molecular complexity index is 292. The lowest BCUT2D eigenvalue weighted by Crippen LogP contribution is -1.79. The van der Waals surface area contributed by atoms with E-state index in [9.17, 15) is 0 Å². The van der Waals surface area contributed by atoms with Crippen LogP contribution in [0.2, 0.25) is 0 Å². The van der Waals surface area contributed by atoms with Crippen molar-refractivity contribution >= 4 is 22.0 Å². The summed E-state index contributed by atoms with van der Waals surface area (Å²) < 4.78 is 1.06. The molecule has 0 aliphatic heterocycles. The Morgan fingerprint density at radius 1 is 1.50 bits per heavy atom. The maximum Gasteiger partial charge on any atom is 0.0615 e. The first-order valence-electron chi connectivity index (χ1n) is 3.77. The molecule has 0 amide bonds. The lowest BCUT2D eigenvalue weighted by molar-refractivity contribution is 0.343. The summed E-state index contributed by atoms with van der Waals surface area (Å²) in [5, 5.41) is 8.57. The molecule has 1 aromatic carbocycles. The fourth-order valence-electron chi connectivity index (χ4n) is 0.947. The lowest BCUT2D eigenvalue weighted by Gasteiger charge is -1.99. The number of hydrogen-bond donors (Lipinski definition) is 1. The molecule has 2 heteroatoms. The summed E-state index contributed by atoms with van der Waals surface area (Å²) in [4.78, 5) is 0. The third-order valence-corrected chi connectivity index (χ3v) is 2.25. The van der Waals surface area contributed by atoms with Gasteiger partial charge in [0.15, 0.2) is 0 Å². The third kappa shape index (κ3) is 2.47. The summed E-state index contributed by atoms with van der Waals surface area (Å²) in [6.07, 6.45) is 3.61. The molecule has 12 heavy (non-hydrogen) atoms. The molecule has 0 heterocycles. The summed E-state index contributed by atoms with van der Waals surface area (Å²) in [5.41, 5.74) is 2.32. The molecule has 0 fully saturated rings. The number of halogens is 1. The van der Waals surface area contributed by atoms with Crippen molar-refractivity contribution in [2.24, 2.45) is 0 Å². The van der Waals surface area contributed by atoms with Gasteiger partial charge in [-0.15, -0.1) is 0 Å². The molecule has 0 spiro atoms. The van der Waals surface area contributed by atoms with E-state index in [1.54, 1.807) is 6.08 Å². The Morgan fingerprint density at radius 3 is 2.83 bits per heavy atom. The van der Waals surface area contributed by atoms with Crippen molar-refractivity contribution in [2.45, 2.75) is 6.92 Å². The van der Waals surface area contributed by atoms with Crippen LogP contribution in [0.3, 0.4) is 0 Å². The van der Waals surface area contributed by atoms with Crippen LogP contribution < -0.4 is 0 Å². The molecule has 1 rings (SSSR count). The summed E-state index contributed by atoms with van der Waals surface area (Å²) in [5.74, 6) is 0. The van der Waals surface area contributed by atoms with Gasteiger partial charge in [0, 0.05) is 4.47 Å². The van der Waals surface area contributed by atoms with Crippen molar-refractivity contribution in [1.82, 2.24) is 0 Å². The Morgan fingerprint density at radius 2 is 2.25 bits per heavy atom. The van der Waals surface area contributed by atoms with Gasteiger partial charge in [-0.25, -0.2) is 0 Å². The van der Waals surface area contributed by atoms with Crippen LogP contribution in [0, 0.1) is 6.92 Å². The van der Waals surface area contributed by atoms with E-state index < -0.39 is 0 Å². The van der Waals surface area contributed by atoms with Crippen molar-refractivity contribution in [3.8, 4) is 0 Å². The molecule has 0 aliphatic rings. The third-order valence-electron chi connectivity index (χ3n) is 1.56. The van der Waals surface area contributed by atoms with Crippen LogP contribution in [0.5, 0.6) is 0 Å². The number of aliphatic hydroxyl groups is 1. The molecule has 0 saturated carbocycles. The second-order valence-corrected chi connectivity index (χ2v) is 3.46. The minimum absolute atomic E-state index is 0.0836. The van der Waals surface area contributed by atoms with Crippen LogP contribution >= 0.6 is 15.9 Å². The van der Waals surface area contributed by atoms with E-state index in [4.69, 9.17) is 5.11 Å². The van der Waals surface area contributed by atoms with Crippen LogP contribution in [-0.4, -0.2) is 11.7 Å². The normalized spacial score (nSPS) is 10.9. The standard InChI is InChI=1S/C10H11BrO/c1-8-4-5-9(3-2-6-12)10(11)7-8/h2-5,7,12H,6H2,1H3/b3-2+. The highest BCUT2D eigenvalue weighted by Crippen LogP contribution is 2.19. The van der Waals surface area contributed by atoms with E-state index in [2.05, 4.69) is 22.0 Å². The van der Waals surface area contributed by atoms with Gasteiger partial charge in [-0.3, -0.25) is 0 Å². The lowest BCUT2D eigenvalue weighted by atomic mass is 10.1. The molecule has 1 N–H and O–H groups in total. The van der Waals surface area contributed by atoms with Crippen molar-refractivity contribution in [1.29, 1.82) is 0 Å². The van der Waals surface area contributed by atoms with Crippen LogP contribution in [0.1, 0.15) is 11.1 Å². The summed E-state index contributed by atoms with van der Waals surface area (Å²) >= 11 is 3.44. The van der Waals surface area contributed by atoms with E-state index in [0.717, 1.165) is 10.0 Å². The number of aliphatic hydroxyl groups excluding tert-OH is 1. The molecule has 0 atom stereocenters. The predicted molar refractivity (Wildman–Crippen MR) is 55.0 cm³/mol. The highest BCUT2D eigenvalue weighted by Gasteiger charge is 1.94. The van der Waals surface area contributed by atoms with Crippen molar-refractivity contribution in [2.75, 3.05) is 6.61 Å². The highest BCUT2D eigenvalue weighted by atomic mass is 79.9. The first kappa shape index (κ1) is 9.49. The fourth-order valence-corrected chi connectivity index (χ4v) is 1.57. The van der Waals surface area contributed by atoms with Crippen molar-refractivity contribution in [3.63, 3.8) is 0 Å². The molecule has 0 aromatic heterocycles. The van der Waals surface area contributed by atoms with Crippen molar-refractivity contribution < 1.29 is 5.11 Å². The molecule has 0 aliphatic carbocycles. The van der Waals surface area contributed by atoms with Crippen LogP contribution in [0.25, 0.3) is 6.08 Å². The predicted octanol–water partition coefficient (Wildman–Crippen LogP) is 2.76. The van der Waals surface area contributed by atoms with E-state index >= 15 is 0 Å². The second-order valence-electron chi connectivity index (χ2n) is 2.61. The minimum atomic E-state index is 0.0836. The Hall–Kier alpha value is -0.600. The van der Waals surface area contributed by atoms with Gasteiger partial charge in [0.25, 0.3) is 0 Å². The summed E-state index contributed by atoms with van der Waals surface area (Å²) in [6.45, 7) is 2.13. The minimum Gasteiger partial charge on any atom is -0.392 e. The molecule has 1 nitrogen and oxygen atoms in total. The highest BCUT2D eigenvalue weighted by molar-refractivity contribution is 9.10. The monoisotopic (exact) mass is 226 g/mol. The van der Waals surface area contributed by atoms with Gasteiger partial charge in [-0.1, -0.05) is 40.2 Å². The topological polar surface area (TPSA) is 20.2 Å². The maximum atomic E-state index is 8.57. The Labute approximate surface area is 80.9 Å². The van der Waals surface area contributed by atoms with Gasteiger partial charge in [-0.05, 0) is 24.1 Å². The smallest absolute Gasteiger partial charge is 0.0615 e. The first-order chi connectivity index (χ1) is 5.74. The number of rotatable bonds is 2. The largest absolute Gasteiger partial charge is 0.392 e. The van der Waals surface area contributed by atoms with Crippen LogP contribution in [0.15, 0.2) is 28.7 Å². The van der Waals surface area contributed by atoms with Crippen LogP contribution in [-0.2, 0) is 0 Å². The second kappa shape index (κ2) is 4.43. The van der Waals surface area contributed by atoms with Gasteiger partial charge < -0.3 is 5.11 Å². The maximum absolute atomic E-state index is 8.57. The van der Waals surface area contributed by atoms with Crippen molar-refractivity contribution in [3.05, 3.63) is 39.9 Å². The first-order valence-corrected chi connectivity index (χ1v) is 4.57. The molecule has 0 radical (unpaired) electrons. The molecular weight excluding hydrogens is 216 g/mol. The van der Waals surface area contributed by atoms with Gasteiger partial charge in [0.05, 0.1) is 6.61 Å². The summed E-state index contributed by atoms with van der Waals surface area (Å²) in [6, 6.07) is 6.12. The van der Waals surface area contributed by atoms with Gasteiger partial charge in [0.2, 0.25) is 0 Å². The number of hydrogen-bond acceptors (Lipinski definition) is 1. The zero-order valence-electron chi connectivity index (χ0n) is 6.92. The fraction of sp³-hybridized carbons (Fsp3) is 0.200. The van der Waals surface area contributed by atoms with Gasteiger partial charge in [0.1, 0.15) is 0 Å². The summed E-state index contributed by atoms with van der Waals surface area (Å²) in [7, 11) is 0. The van der Waals surface area contributed by atoms with Gasteiger partial charge in [-0.2, -0.15) is 0 Å². The van der Waals surface area contributed by atoms with Crippen LogP contribution in [0.4, 0.5) is 0 Å². The number of benzene rings is 1. The van der Waals surface area contributed by atoms with Gasteiger partial charge >= 0.3 is 0 Å². The Kier molecular flexibility index (Phi) is 3.50. The molecule has 1 aromatic rings. The average Bonchev–Trinajstić information content (AvgIpc) is 2.03. The van der Waals surface area contributed by atoms with E-state index in [1.807, 2.05) is 25.1 Å². The Balaban J connectivity index is 2.94. The van der Waals surface area contributed by atoms with E-state index in [1.165, 1.54) is 5.56 Å². The molecule has 64 valence electrons.